The van der Waals surface area contributed by atoms with E-state index in [1.807, 2.05) is 0 Å². The molecule has 0 radical (unpaired) electrons. The van der Waals surface area contributed by atoms with Gasteiger partial charge in [0.15, 0.2) is 12.6 Å². The van der Waals surface area contributed by atoms with Crippen LogP contribution in [0, 0.1) is 23.2 Å². The lowest BCUT2D eigenvalue weighted by atomic mass is 9.69. The molecule has 2 saturated carbocycles. The molecule has 4 fully saturated rings. The normalized spacial score (nSPS) is 51.5. The van der Waals surface area contributed by atoms with Crippen LogP contribution in [0.4, 0.5) is 0 Å². The van der Waals surface area contributed by atoms with Crippen molar-refractivity contribution in [1.82, 2.24) is 0 Å². The smallest absolute Gasteiger partial charge is 0.186 e. The summed E-state index contributed by atoms with van der Waals surface area (Å²) in [7, 11) is 0. The number of hydrogen-bond donors (Lipinski definition) is 6. The van der Waals surface area contributed by atoms with Crippen LogP contribution in [0.15, 0.2) is 0 Å². The van der Waals surface area contributed by atoms with E-state index in [1.165, 1.54) is 19.3 Å². The van der Waals surface area contributed by atoms with Crippen LogP contribution < -0.4 is 0 Å². The van der Waals surface area contributed by atoms with E-state index in [0.717, 1.165) is 0 Å². The van der Waals surface area contributed by atoms with Crippen molar-refractivity contribution >= 4 is 0 Å². The number of rotatable bonds is 7. The second-order valence-corrected chi connectivity index (χ2v) is 10.3. The maximum absolute atomic E-state index is 10.4. The average Bonchev–Trinajstić information content (AvgIpc) is 3.40. The van der Waals surface area contributed by atoms with Crippen LogP contribution >= 0.6 is 0 Å². The van der Waals surface area contributed by atoms with Gasteiger partial charge in [-0.2, -0.15) is 0 Å². The summed E-state index contributed by atoms with van der Waals surface area (Å²) in [6, 6.07) is 0. The lowest BCUT2D eigenvalue weighted by Crippen LogP contribution is -2.60. The van der Waals surface area contributed by atoms with Crippen LogP contribution in [0.5, 0.6) is 0 Å². The summed E-state index contributed by atoms with van der Waals surface area (Å²) < 4.78 is 22.2. The Morgan fingerprint density at radius 2 is 1.65 bits per heavy atom. The van der Waals surface area contributed by atoms with Crippen molar-refractivity contribution in [3.05, 3.63) is 0 Å². The van der Waals surface area contributed by atoms with Crippen molar-refractivity contribution in [3.8, 4) is 0 Å². The minimum absolute atomic E-state index is 0.141. The molecule has 10 nitrogen and oxygen atoms in total. The molecule has 0 unspecified atom stereocenters. The molecule has 0 spiro atoms. The fourth-order valence-corrected chi connectivity index (χ4v) is 5.83. The molecule has 31 heavy (non-hydrogen) atoms. The van der Waals surface area contributed by atoms with Crippen molar-refractivity contribution in [2.24, 2.45) is 23.2 Å². The molecule has 2 aliphatic carbocycles. The summed E-state index contributed by atoms with van der Waals surface area (Å²) in [5.41, 5.74) is -1.69. The summed E-state index contributed by atoms with van der Waals surface area (Å²) in [6.45, 7) is 3.60. The highest BCUT2D eigenvalue weighted by molar-refractivity contribution is 5.02. The Kier molecular flexibility index (Phi) is 6.70. The maximum atomic E-state index is 10.4. The zero-order valence-electron chi connectivity index (χ0n) is 18.0. The van der Waals surface area contributed by atoms with Gasteiger partial charge in [0.25, 0.3) is 0 Å². The van der Waals surface area contributed by atoms with Gasteiger partial charge in [0.05, 0.1) is 26.4 Å². The Hall–Kier alpha value is -0.400. The van der Waals surface area contributed by atoms with Crippen LogP contribution in [0.3, 0.4) is 0 Å². The molecule has 11 atom stereocenters. The molecule has 6 N–H and O–H groups in total. The van der Waals surface area contributed by atoms with E-state index < -0.39 is 55.3 Å². The average molecular weight is 449 g/mol. The zero-order valence-corrected chi connectivity index (χ0v) is 18.0. The molecule has 4 aliphatic rings. The van der Waals surface area contributed by atoms with Crippen molar-refractivity contribution in [1.29, 1.82) is 0 Å². The lowest BCUT2D eigenvalue weighted by Gasteiger charge is -2.43. The van der Waals surface area contributed by atoms with E-state index in [2.05, 4.69) is 13.8 Å². The first-order valence-electron chi connectivity index (χ1n) is 11.1. The van der Waals surface area contributed by atoms with Gasteiger partial charge >= 0.3 is 0 Å². The SMILES string of the molecule is CC1(C)[C@@H]2CC[C@@H](C2)[C@@H]1CO[C@@H]1O[C@H](CO[C@@H]2OC[C@](O)(CO)[C@H]2O)[C@@H](O)[C@H](O)[C@H]1O. The predicted octanol–water partition coefficient (Wildman–Crippen LogP) is -1.66. The molecule has 0 amide bonds. The third kappa shape index (κ3) is 4.16. The van der Waals surface area contributed by atoms with E-state index in [0.29, 0.717) is 24.4 Å². The van der Waals surface area contributed by atoms with Gasteiger partial charge in [-0.15, -0.1) is 0 Å². The molecule has 0 aromatic heterocycles. The third-order valence-electron chi connectivity index (χ3n) is 8.16. The maximum Gasteiger partial charge on any atom is 0.186 e. The van der Waals surface area contributed by atoms with Gasteiger partial charge in [-0.3, -0.25) is 0 Å². The first kappa shape index (κ1) is 23.7. The van der Waals surface area contributed by atoms with Crippen molar-refractivity contribution in [2.45, 2.75) is 81.8 Å². The molecule has 2 heterocycles. The van der Waals surface area contributed by atoms with Crippen molar-refractivity contribution in [2.75, 3.05) is 26.4 Å². The van der Waals surface area contributed by atoms with Crippen molar-refractivity contribution < 1.29 is 49.6 Å². The van der Waals surface area contributed by atoms with Crippen molar-refractivity contribution in [3.63, 3.8) is 0 Å². The number of ether oxygens (including phenoxy) is 4. The fourth-order valence-electron chi connectivity index (χ4n) is 5.83. The largest absolute Gasteiger partial charge is 0.393 e. The Labute approximate surface area is 181 Å². The lowest BCUT2D eigenvalue weighted by molar-refractivity contribution is -0.313. The topological polar surface area (TPSA) is 158 Å². The van der Waals surface area contributed by atoms with E-state index in [4.69, 9.17) is 18.9 Å². The number of aliphatic hydroxyl groups excluding tert-OH is 5. The van der Waals surface area contributed by atoms with Crippen LogP contribution in [-0.4, -0.2) is 106 Å². The summed E-state index contributed by atoms with van der Waals surface area (Å²) >= 11 is 0. The van der Waals surface area contributed by atoms with Gasteiger partial charge in [0.1, 0.15) is 36.1 Å². The highest BCUT2D eigenvalue weighted by atomic mass is 16.7. The predicted molar refractivity (Wildman–Crippen MR) is 104 cm³/mol. The third-order valence-corrected chi connectivity index (χ3v) is 8.16. The Balaban J connectivity index is 1.33. The number of hydrogen-bond acceptors (Lipinski definition) is 10. The highest BCUT2D eigenvalue weighted by Crippen LogP contribution is 2.59. The van der Waals surface area contributed by atoms with Gasteiger partial charge < -0.3 is 49.6 Å². The quantitative estimate of drug-likeness (QED) is 0.266. The second-order valence-electron chi connectivity index (χ2n) is 10.3. The highest BCUT2D eigenvalue weighted by Gasteiger charge is 2.54. The Bertz CT molecular complexity index is 631. The van der Waals surface area contributed by atoms with Crippen LogP contribution in [-0.2, 0) is 18.9 Å². The minimum atomic E-state index is -1.83. The van der Waals surface area contributed by atoms with E-state index in [9.17, 15) is 30.6 Å². The molecule has 4 rings (SSSR count). The standard InChI is InChI=1S/C21H36O10/c1-20(2)11-4-3-10(5-11)12(20)6-28-18-16(25)15(24)14(23)13(31-18)7-29-19-17(26)21(27,8-22)9-30-19/h10-19,22-27H,3-9H2,1-2H3/t10-,11+,12-,13+,14+,15-,16+,17-,18+,19+,21+/m0/s1. The summed E-state index contributed by atoms with van der Waals surface area (Å²) in [4.78, 5) is 0. The summed E-state index contributed by atoms with van der Waals surface area (Å²) in [5.74, 6) is 1.59. The van der Waals surface area contributed by atoms with Gasteiger partial charge in [0, 0.05) is 0 Å². The van der Waals surface area contributed by atoms with Crippen LogP contribution in [0.1, 0.15) is 33.1 Å². The number of fused-ring (bicyclic) bond motifs is 2. The Morgan fingerprint density at radius 1 is 0.935 bits per heavy atom. The second kappa shape index (κ2) is 8.75. The molecule has 10 heteroatoms. The van der Waals surface area contributed by atoms with E-state index in [-0.39, 0.29) is 18.6 Å². The Morgan fingerprint density at radius 3 is 2.26 bits per heavy atom. The van der Waals surface area contributed by atoms with E-state index >= 15 is 0 Å². The minimum Gasteiger partial charge on any atom is -0.393 e. The van der Waals surface area contributed by atoms with E-state index in [1.54, 1.807) is 0 Å². The van der Waals surface area contributed by atoms with Gasteiger partial charge in [-0.1, -0.05) is 13.8 Å². The number of aliphatic hydroxyl groups is 6. The molecular formula is C21H36O10. The first-order valence-corrected chi connectivity index (χ1v) is 11.1. The van der Waals surface area contributed by atoms with Gasteiger partial charge in [0.2, 0.25) is 0 Å². The zero-order chi connectivity index (χ0) is 22.6. The first-order chi connectivity index (χ1) is 14.6. The monoisotopic (exact) mass is 448 g/mol. The van der Waals surface area contributed by atoms with Gasteiger partial charge in [-0.25, -0.2) is 0 Å². The molecule has 2 saturated heterocycles. The molecule has 0 aromatic carbocycles. The molecule has 180 valence electrons. The molecular weight excluding hydrogens is 412 g/mol. The molecule has 0 aromatic rings. The molecule has 2 aliphatic heterocycles. The fraction of sp³-hybridized carbons (Fsp3) is 1.00. The summed E-state index contributed by atoms with van der Waals surface area (Å²) in [6.07, 6.45) is -5.64. The van der Waals surface area contributed by atoms with Crippen LogP contribution in [0.25, 0.3) is 0 Å². The van der Waals surface area contributed by atoms with Crippen LogP contribution in [0.2, 0.25) is 0 Å². The summed E-state index contributed by atoms with van der Waals surface area (Å²) in [5, 5.41) is 60.3. The molecule has 2 bridgehead atoms. The van der Waals surface area contributed by atoms with Gasteiger partial charge in [-0.05, 0) is 42.4 Å².